The van der Waals surface area contributed by atoms with Crippen LogP contribution in [0.5, 0.6) is 0 Å². The van der Waals surface area contributed by atoms with Crippen LogP contribution in [0, 0.1) is 11.3 Å². The maximum Gasteiger partial charge on any atom is 0.0331 e. The monoisotopic (exact) mass is 254 g/mol. The summed E-state index contributed by atoms with van der Waals surface area (Å²) in [6, 6.07) is 0.606. The number of nitrogens with zero attached hydrogens (tertiary/aromatic N) is 1. The van der Waals surface area contributed by atoms with Crippen molar-refractivity contribution in [3.8, 4) is 0 Å². The Morgan fingerprint density at radius 2 is 1.67 bits per heavy atom. The van der Waals surface area contributed by atoms with Gasteiger partial charge in [-0.05, 0) is 51.0 Å². The quantitative estimate of drug-likeness (QED) is 0.776. The van der Waals surface area contributed by atoms with Crippen molar-refractivity contribution >= 4 is 0 Å². The van der Waals surface area contributed by atoms with Crippen LogP contribution in [0.25, 0.3) is 0 Å². The lowest BCUT2D eigenvalue weighted by molar-refractivity contribution is 0.0478. The molecule has 2 heteroatoms. The summed E-state index contributed by atoms with van der Waals surface area (Å²) in [5.41, 5.74) is 6.93. The molecule has 2 atom stereocenters. The van der Waals surface area contributed by atoms with E-state index in [9.17, 15) is 0 Å². The summed E-state index contributed by atoms with van der Waals surface area (Å²) < 4.78 is 0. The van der Waals surface area contributed by atoms with Gasteiger partial charge in [0.2, 0.25) is 0 Å². The molecule has 2 unspecified atom stereocenters. The van der Waals surface area contributed by atoms with E-state index in [1.54, 1.807) is 0 Å². The fraction of sp³-hybridized carbons (Fsp3) is 1.00. The molecule has 0 aliphatic heterocycles. The maximum absolute atomic E-state index is 6.19. The molecule has 1 aliphatic rings. The van der Waals surface area contributed by atoms with Gasteiger partial charge < -0.3 is 5.73 Å². The van der Waals surface area contributed by atoms with Gasteiger partial charge in [-0.1, -0.05) is 34.1 Å². The molecule has 0 aromatic heterocycles. The molecule has 1 saturated carbocycles. The lowest BCUT2D eigenvalue weighted by atomic mass is 9.82. The van der Waals surface area contributed by atoms with Crippen LogP contribution in [0.15, 0.2) is 0 Å². The molecule has 0 saturated heterocycles. The highest BCUT2D eigenvalue weighted by atomic mass is 15.2. The van der Waals surface area contributed by atoms with Crippen molar-refractivity contribution < 1.29 is 0 Å². The zero-order chi connectivity index (χ0) is 14.0. The Morgan fingerprint density at radius 3 is 2.17 bits per heavy atom. The van der Waals surface area contributed by atoms with Gasteiger partial charge in [0.15, 0.2) is 0 Å². The summed E-state index contributed by atoms with van der Waals surface area (Å²) in [7, 11) is 2.29. The van der Waals surface area contributed by atoms with Gasteiger partial charge >= 0.3 is 0 Å². The predicted molar refractivity (Wildman–Crippen MR) is 80.7 cm³/mol. The summed E-state index contributed by atoms with van der Waals surface area (Å²) in [6.07, 6.45) is 6.49. The highest BCUT2D eigenvalue weighted by Gasteiger charge is 2.39. The van der Waals surface area contributed by atoms with Gasteiger partial charge in [-0.3, -0.25) is 4.90 Å². The van der Waals surface area contributed by atoms with Crippen molar-refractivity contribution in [2.75, 3.05) is 13.6 Å². The molecule has 0 radical (unpaired) electrons. The number of nitrogens with two attached hydrogens (primary N) is 1. The summed E-state index contributed by atoms with van der Waals surface area (Å²) >= 11 is 0. The van der Waals surface area contributed by atoms with Gasteiger partial charge in [0, 0.05) is 18.1 Å². The van der Waals surface area contributed by atoms with E-state index in [1.165, 1.54) is 32.1 Å². The van der Waals surface area contributed by atoms with E-state index in [1.807, 2.05) is 0 Å². The molecule has 0 aromatic carbocycles. The average molecular weight is 254 g/mol. The minimum Gasteiger partial charge on any atom is -0.329 e. The Hall–Kier alpha value is -0.0800. The summed E-state index contributed by atoms with van der Waals surface area (Å²) in [6.45, 7) is 12.6. The van der Waals surface area contributed by atoms with E-state index < -0.39 is 0 Å². The Balaban J connectivity index is 2.85. The highest BCUT2D eigenvalue weighted by molar-refractivity contribution is 4.96. The van der Waals surface area contributed by atoms with Crippen LogP contribution < -0.4 is 5.73 Å². The Labute approximate surface area is 114 Å². The predicted octanol–water partition coefficient (Wildman–Crippen LogP) is 3.65. The molecule has 2 N–H and O–H groups in total. The van der Waals surface area contributed by atoms with E-state index >= 15 is 0 Å². The molecule has 0 spiro atoms. The average Bonchev–Trinajstić information content (AvgIpc) is 2.46. The topological polar surface area (TPSA) is 29.3 Å². The van der Waals surface area contributed by atoms with Crippen LogP contribution >= 0.6 is 0 Å². The molecule has 0 heterocycles. The Morgan fingerprint density at radius 1 is 1.06 bits per heavy atom. The van der Waals surface area contributed by atoms with Crippen molar-refractivity contribution in [2.24, 2.45) is 17.1 Å². The van der Waals surface area contributed by atoms with Crippen LogP contribution in [-0.2, 0) is 0 Å². The first kappa shape index (κ1) is 16.0. The summed E-state index contributed by atoms with van der Waals surface area (Å²) in [5, 5.41) is 0. The second-order valence-corrected chi connectivity index (χ2v) is 7.54. The van der Waals surface area contributed by atoms with Crippen LogP contribution in [-0.4, -0.2) is 30.1 Å². The molecule has 1 fully saturated rings. The smallest absolute Gasteiger partial charge is 0.0331 e. The van der Waals surface area contributed by atoms with E-state index in [-0.39, 0.29) is 5.54 Å². The first-order valence-electron chi connectivity index (χ1n) is 7.67. The maximum atomic E-state index is 6.19. The van der Waals surface area contributed by atoms with Gasteiger partial charge in [-0.25, -0.2) is 0 Å². The molecule has 0 bridgehead atoms. The lowest BCUT2D eigenvalue weighted by Gasteiger charge is -2.46. The molecule has 1 aliphatic carbocycles. The van der Waals surface area contributed by atoms with E-state index in [4.69, 9.17) is 5.73 Å². The minimum atomic E-state index is 0.234. The summed E-state index contributed by atoms with van der Waals surface area (Å²) in [5.74, 6) is 0.690. The zero-order valence-corrected chi connectivity index (χ0v) is 13.4. The molecule has 108 valence electrons. The second kappa shape index (κ2) is 5.92. The van der Waals surface area contributed by atoms with Crippen molar-refractivity contribution in [3.05, 3.63) is 0 Å². The molecule has 1 rings (SSSR count). The van der Waals surface area contributed by atoms with E-state index in [0.29, 0.717) is 17.4 Å². The largest absolute Gasteiger partial charge is 0.329 e. The van der Waals surface area contributed by atoms with Crippen LogP contribution in [0.4, 0.5) is 0 Å². The van der Waals surface area contributed by atoms with E-state index in [0.717, 1.165) is 6.54 Å². The normalized spacial score (nSPS) is 30.5. The van der Waals surface area contributed by atoms with Crippen LogP contribution in [0.3, 0.4) is 0 Å². The SMILES string of the molecule is CC(C)C(C)N(C)C1(CN)CCCC(C)(C)CC1. The third-order valence-corrected chi connectivity index (χ3v) is 5.47. The third-order valence-electron chi connectivity index (χ3n) is 5.47. The standard InChI is InChI=1S/C16H34N2/c1-13(2)14(3)18(6)16(12-17)9-7-8-15(4,5)10-11-16/h13-14H,7-12,17H2,1-6H3. The molecular weight excluding hydrogens is 220 g/mol. The van der Waals surface area contributed by atoms with Crippen molar-refractivity contribution in [1.29, 1.82) is 0 Å². The number of likely N-dealkylation sites (N-methyl/N-ethyl adjacent to an activating group) is 1. The van der Waals surface area contributed by atoms with Gasteiger partial charge in [0.05, 0.1) is 0 Å². The molecule has 2 nitrogen and oxygen atoms in total. The number of hydrogen-bond acceptors (Lipinski definition) is 2. The van der Waals surface area contributed by atoms with Crippen molar-refractivity contribution in [3.63, 3.8) is 0 Å². The zero-order valence-electron chi connectivity index (χ0n) is 13.4. The number of rotatable bonds is 4. The third kappa shape index (κ3) is 3.48. The first-order valence-corrected chi connectivity index (χ1v) is 7.67. The second-order valence-electron chi connectivity index (χ2n) is 7.54. The van der Waals surface area contributed by atoms with Gasteiger partial charge in [-0.2, -0.15) is 0 Å². The van der Waals surface area contributed by atoms with Crippen molar-refractivity contribution in [2.45, 2.75) is 78.3 Å². The van der Waals surface area contributed by atoms with Crippen molar-refractivity contribution in [1.82, 2.24) is 4.90 Å². The molecule has 0 aromatic rings. The van der Waals surface area contributed by atoms with Gasteiger partial charge in [0.25, 0.3) is 0 Å². The van der Waals surface area contributed by atoms with E-state index in [2.05, 4.69) is 46.6 Å². The Bertz CT molecular complexity index is 260. The highest BCUT2D eigenvalue weighted by Crippen LogP contribution is 2.41. The molecule has 18 heavy (non-hydrogen) atoms. The lowest BCUT2D eigenvalue weighted by Crippen LogP contribution is -2.56. The number of hydrogen-bond donors (Lipinski definition) is 1. The minimum absolute atomic E-state index is 0.234. The fourth-order valence-corrected chi connectivity index (χ4v) is 3.30. The van der Waals surface area contributed by atoms with Gasteiger partial charge in [-0.15, -0.1) is 0 Å². The van der Waals surface area contributed by atoms with Gasteiger partial charge in [0.1, 0.15) is 0 Å². The molecular formula is C16H34N2. The first-order chi connectivity index (χ1) is 8.24. The summed E-state index contributed by atoms with van der Waals surface area (Å²) in [4.78, 5) is 2.58. The fourth-order valence-electron chi connectivity index (χ4n) is 3.30. The molecule has 0 amide bonds. The van der Waals surface area contributed by atoms with Crippen LogP contribution in [0.1, 0.15) is 66.7 Å². The van der Waals surface area contributed by atoms with Crippen LogP contribution in [0.2, 0.25) is 0 Å². The Kier molecular flexibility index (Phi) is 5.25.